The Kier molecular flexibility index (Phi) is 10.5. The fourth-order valence-corrected chi connectivity index (χ4v) is 3.41. The van der Waals surface area contributed by atoms with Crippen LogP contribution in [0.2, 0.25) is 0 Å². The molecule has 2 aromatic rings. The van der Waals surface area contributed by atoms with Gasteiger partial charge >= 0.3 is 0 Å². The van der Waals surface area contributed by atoms with Crippen LogP contribution in [0.3, 0.4) is 0 Å². The number of methoxy groups -OCH3 is 5. The zero-order chi connectivity index (χ0) is 24.9. The van der Waals surface area contributed by atoms with Crippen molar-refractivity contribution < 1.29 is 23.7 Å². The van der Waals surface area contributed by atoms with E-state index in [-0.39, 0.29) is 0 Å². The first-order chi connectivity index (χ1) is 16.6. The van der Waals surface area contributed by atoms with Crippen LogP contribution in [0.4, 0.5) is 0 Å². The van der Waals surface area contributed by atoms with Crippen LogP contribution in [-0.4, -0.2) is 47.8 Å². The van der Waals surface area contributed by atoms with Crippen molar-refractivity contribution >= 4 is 17.4 Å². The van der Waals surface area contributed by atoms with Crippen LogP contribution in [0, 0.1) is 11.3 Å². The number of benzene rings is 2. The van der Waals surface area contributed by atoms with Gasteiger partial charge in [-0.3, -0.25) is 4.99 Å². The lowest BCUT2D eigenvalue weighted by atomic mass is 9.97. The molecule has 7 heteroatoms. The summed E-state index contributed by atoms with van der Waals surface area (Å²) in [6, 6.07) is 11.4. The van der Waals surface area contributed by atoms with Crippen LogP contribution >= 0.6 is 0 Å². The SMILES string of the molecule is C=CCCCCN=C(C#N)C(=Cc1ccc(OC)c(OC)c1)c1cc(OC)c(OC)c(OC)c1. The predicted molar refractivity (Wildman–Crippen MR) is 135 cm³/mol. The van der Waals surface area contributed by atoms with E-state index in [1.54, 1.807) is 47.7 Å². The fraction of sp³-hybridized carbons (Fsp3) is 0.333. The quantitative estimate of drug-likeness (QED) is 0.166. The molecule has 34 heavy (non-hydrogen) atoms. The molecule has 0 aliphatic carbocycles. The third-order valence-electron chi connectivity index (χ3n) is 5.14. The molecule has 0 aliphatic rings. The maximum Gasteiger partial charge on any atom is 0.203 e. The lowest BCUT2D eigenvalue weighted by molar-refractivity contribution is 0.324. The van der Waals surface area contributed by atoms with Crippen LogP contribution in [0.15, 0.2) is 48.0 Å². The largest absolute Gasteiger partial charge is 0.493 e. The Hall–Kier alpha value is -3.92. The summed E-state index contributed by atoms with van der Waals surface area (Å²) in [6.07, 6.45) is 6.50. The van der Waals surface area contributed by atoms with Crippen molar-refractivity contribution in [1.29, 1.82) is 5.26 Å². The molecule has 0 fully saturated rings. The minimum absolute atomic E-state index is 0.308. The van der Waals surface area contributed by atoms with E-state index < -0.39 is 0 Å². The van der Waals surface area contributed by atoms with Gasteiger partial charge < -0.3 is 23.7 Å². The molecule has 0 radical (unpaired) electrons. The predicted octanol–water partition coefficient (Wildman–Crippen LogP) is 5.59. The Labute approximate surface area is 201 Å². The van der Waals surface area contributed by atoms with E-state index in [0.29, 0.717) is 52.1 Å². The molecule has 0 amide bonds. The third kappa shape index (κ3) is 6.55. The summed E-state index contributed by atoms with van der Waals surface area (Å²) in [7, 11) is 7.82. The molecule has 2 rings (SSSR count). The maximum atomic E-state index is 10.0. The number of hydrogen-bond acceptors (Lipinski definition) is 7. The Morgan fingerprint density at radius 2 is 1.53 bits per heavy atom. The molecule has 0 saturated heterocycles. The summed E-state index contributed by atoms with van der Waals surface area (Å²) in [4.78, 5) is 4.60. The van der Waals surface area contributed by atoms with Crippen LogP contribution in [0.5, 0.6) is 28.7 Å². The Morgan fingerprint density at radius 1 is 0.882 bits per heavy atom. The second-order valence-electron chi connectivity index (χ2n) is 7.21. The molecule has 0 aliphatic heterocycles. The van der Waals surface area contributed by atoms with Gasteiger partial charge in [0, 0.05) is 12.1 Å². The monoisotopic (exact) mass is 464 g/mol. The first-order valence-corrected chi connectivity index (χ1v) is 10.9. The van der Waals surface area contributed by atoms with Crippen molar-refractivity contribution in [3.63, 3.8) is 0 Å². The van der Waals surface area contributed by atoms with Crippen molar-refractivity contribution in [2.24, 2.45) is 4.99 Å². The highest BCUT2D eigenvalue weighted by Gasteiger charge is 2.18. The highest BCUT2D eigenvalue weighted by molar-refractivity contribution is 6.34. The zero-order valence-corrected chi connectivity index (χ0v) is 20.5. The molecular formula is C27H32N2O5. The molecule has 0 unspecified atom stereocenters. The zero-order valence-electron chi connectivity index (χ0n) is 20.5. The van der Waals surface area contributed by atoms with Gasteiger partial charge in [-0.25, -0.2) is 0 Å². The van der Waals surface area contributed by atoms with E-state index in [1.807, 2.05) is 30.4 Å². The second-order valence-corrected chi connectivity index (χ2v) is 7.21. The number of nitrogens with zero attached hydrogens (tertiary/aromatic N) is 2. The summed E-state index contributed by atoms with van der Waals surface area (Å²) in [6.45, 7) is 4.28. The summed E-state index contributed by atoms with van der Waals surface area (Å²) in [5, 5.41) is 10.0. The van der Waals surface area contributed by atoms with Crippen LogP contribution in [0.1, 0.15) is 30.4 Å². The number of aliphatic imine (C=N–C) groups is 1. The van der Waals surface area contributed by atoms with E-state index in [9.17, 15) is 5.26 Å². The number of hydrogen-bond donors (Lipinski definition) is 0. The van der Waals surface area contributed by atoms with Gasteiger partial charge in [0.2, 0.25) is 5.75 Å². The van der Waals surface area contributed by atoms with E-state index in [2.05, 4.69) is 17.6 Å². The van der Waals surface area contributed by atoms with E-state index >= 15 is 0 Å². The third-order valence-corrected chi connectivity index (χ3v) is 5.14. The number of allylic oxidation sites excluding steroid dienone is 2. The number of ether oxygens (including phenoxy) is 5. The lowest BCUT2D eigenvalue weighted by Gasteiger charge is -2.16. The second kappa shape index (κ2) is 13.6. The first-order valence-electron chi connectivity index (χ1n) is 10.9. The summed E-state index contributed by atoms with van der Waals surface area (Å²) in [5.74, 6) is 2.64. The smallest absolute Gasteiger partial charge is 0.203 e. The van der Waals surface area contributed by atoms with Crippen molar-refractivity contribution in [1.82, 2.24) is 0 Å². The molecule has 0 N–H and O–H groups in total. The first kappa shape index (κ1) is 26.3. The number of rotatable bonds is 13. The Balaban J connectivity index is 2.67. The molecule has 0 bridgehead atoms. The standard InChI is InChI=1S/C27H32N2O5/c1-7-8-9-10-13-29-22(18-28)21(14-19-11-12-23(30-2)24(15-19)31-3)20-16-25(32-4)27(34-6)26(17-20)33-5/h7,11-12,14-17H,1,8-10,13H2,2-6H3. The van der Waals surface area contributed by atoms with Crippen LogP contribution in [0.25, 0.3) is 11.6 Å². The maximum absolute atomic E-state index is 10.0. The highest BCUT2D eigenvalue weighted by Crippen LogP contribution is 2.40. The Bertz CT molecular complexity index is 1060. The molecule has 7 nitrogen and oxygen atoms in total. The normalized spacial score (nSPS) is 11.4. The van der Waals surface area contributed by atoms with Crippen molar-refractivity contribution in [3.8, 4) is 34.8 Å². The van der Waals surface area contributed by atoms with Gasteiger partial charge in [0.05, 0.1) is 35.5 Å². The molecule has 0 atom stereocenters. The summed E-state index contributed by atoms with van der Waals surface area (Å²) in [5.41, 5.74) is 2.45. The van der Waals surface area contributed by atoms with Crippen LogP contribution < -0.4 is 23.7 Å². The lowest BCUT2D eigenvalue weighted by Crippen LogP contribution is -2.04. The van der Waals surface area contributed by atoms with Crippen molar-refractivity contribution in [2.75, 3.05) is 42.1 Å². The average molecular weight is 465 g/mol. The minimum Gasteiger partial charge on any atom is -0.493 e. The number of nitriles is 1. The van der Waals surface area contributed by atoms with Gasteiger partial charge in [0.25, 0.3) is 0 Å². The van der Waals surface area contributed by atoms with Gasteiger partial charge in [-0.1, -0.05) is 12.1 Å². The number of unbranched alkanes of at least 4 members (excludes halogenated alkanes) is 2. The average Bonchev–Trinajstić information content (AvgIpc) is 2.88. The molecule has 0 saturated carbocycles. The molecule has 0 aromatic heterocycles. The summed E-state index contributed by atoms with van der Waals surface area (Å²) >= 11 is 0. The van der Waals surface area contributed by atoms with E-state index in [4.69, 9.17) is 23.7 Å². The van der Waals surface area contributed by atoms with Crippen LogP contribution in [-0.2, 0) is 0 Å². The van der Waals surface area contributed by atoms with Crippen molar-refractivity contribution in [3.05, 3.63) is 54.1 Å². The fourth-order valence-electron chi connectivity index (χ4n) is 3.41. The molecule has 0 heterocycles. The van der Waals surface area contributed by atoms with E-state index in [0.717, 1.165) is 24.8 Å². The van der Waals surface area contributed by atoms with E-state index in [1.165, 1.54) is 0 Å². The topological polar surface area (TPSA) is 82.3 Å². The minimum atomic E-state index is 0.308. The Morgan fingerprint density at radius 3 is 2.06 bits per heavy atom. The molecule has 2 aromatic carbocycles. The summed E-state index contributed by atoms with van der Waals surface area (Å²) < 4.78 is 27.3. The van der Waals surface area contributed by atoms with Gasteiger partial charge in [-0.2, -0.15) is 5.26 Å². The highest BCUT2D eigenvalue weighted by atomic mass is 16.5. The van der Waals surface area contributed by atoms with Gasteiger partial charge in [-0.15, -0.1) is 6.58 Å². The molecule has 180 valence electrons. The van der Waals surface area contributed by atoms with Gasteiger partial charge in [0.1, 0.15) is 11.8 Å². The molecular weight excluding hydrogens is 432 g/mol. The van der Waals surface area contributed by atoms with Crippen molar-refractivity contribution in [2.45, 2.75) is 19.3 Å². The van der Waals surface area contributed by atoms with Gasteiger partial charge in [0.15, 0.2) is 23.0 Å². The molecule has 0 spiro atoms. The van der Waals surface area contributed by atoms with Gasteiger partial charge in [-0.05, 0) is 60.7 Å².